The Balaban J connectivity index is 1.91. The maximum atomic E-state index is 12.8. The summed E-state index contributed by atoms with van der Waals surface area (Å²) in [6, 6.07) is 8.59. The maximum Gasteiger partial charge on any atom is 0.406 e. The number of carbonyl (C=O) groups excluding carboxylic acids is 1. The number of Topliss-reactive ketones (excluding diaryl/α,β-unsaturated/α-hetero) is 1. The molecule has 0 saturated heterocycles. The largest absolute Gasteiger partial charge is 0.406 e. The van der Waals surface area contributed by atoms with Gasteiger partial charge in [0.15, 0.2) is 0 Å². The van der Waals surface area contributed by atoms with Gasteiger partial charge in [-0.15, -0.1) is 11.3 Å². The van der Waals surface area contributed by atoms with Crippen LogP contribution in [0.3, 0.4) is 0 Å². The quantitative estimate of drug-likeness (QED) is 0.334. The van der Waals surface area contributed by atoms with E-state index in [-0.39, 0.29) is 16.8 Å². The van der Waals surface area contributed by atoms with Crippen LogP contribution in [0.15, 0.2) is 41.4 Å². The number of alkyl halides is 3. The van der Waals surface area contributed by atoms with E-state index in [4.69, 9.17) is 0 Å². The van der Waals surface area contributed by atoms with E-state index < -0.39 is 18.5 Å². The van der Waals surface area contributed by atoms with Gasteiger partial charge in [-0.3, -0.25) is 9.78 Å². The van der Waals surface area contributed by atoms with Crippen molar-refractivity contribution >= 4 is 23.2 Å². The van der Waals surface area contributed by atoms with Gasteiger partial charge in [0.05, 0.1) is 11.4 Å². The van der Waals surface area contributed by atoms with Crippen LogP contribution in [0.25, 0.3) is 16.8 Å². The number of aromatic nitrogens is 3. The normalized spacial score (nSPS) is 12.1. The van der Waals surface area contributed by atoms with E-state index in [0.29, 0.717) is 22.1 Å². The van der Waals surface area contributed by atoms with Crippen molar-refractivity contribution in [3.8, 4) is 16.8 Å². The number of nitriles is 1. The van der Waals surface area contributed by atoms with Gasteiger partial charge in [-0.1, -0.05) is 6.07 Å². The number of halogens is 3. The van der Waals surface area contributed by atoms with Crippen molar-refractivity contribution in [3.63, 3.8) is 0 Å². The first-order chi connectivity index (χ1) is 13.7. The van der Waals surface area contributed by atoms with Crippen LogP contribution in [-0.2, 0) is 6.54 Å². The first-order valence-corrected chi connectivity index (χ1v) is 9.34. The molecule has 0 atom stereocenters. The minimum absolute atomic E-state index is 0.0692. The third-order valence-electron chi connectivity index (χ3n) is 4.22. The first kappa shape index (κ1) is 20.5. The summed E-state index contributed by atoms with van der Waals surface area (Å²) in [6.45, 7) is 1.73. The molecule has 29 heavy (non-hydrogen) atoms. The number of allylic oxidation sites excluding steroid dienone is 1. The van der Waals surface area contributed by atoms with Crippen molar-refractivity contribution in [1.82, 2.24) is 14.5 Å². The van der Waals surface area contributed by atoms with Gasteiger partial charge in [0.25, 0.3) is 0 Å². The van der Waals surface area contributed by atoms with Gasteiger partial charge in [0.1, 0.15) is 23.2 Å². The van der Waals surface area contributed by atoms with Crippen LogP contribution >= 0.6 is 11.3 Å². The highest BCUT2D eigenvalue weighted by molar-refractivity contribution is 7.13. The number of carbonyl (C=O) groups is 1. The van der Waals surface area contributed by atoms with Gasteiger partial charge in [-0.2, -0.15) is 18.4 Å². The van der Waals surface area contributed by atoms with Gasteiger partial charge < -0.3 is 4.57 Å². The van der Waals surface area contributed by atoms with Crippen molar-refractivity contribution < 1.29 is 18.0 Å². The minimum atomic E-state index is -4.41. The summed E-state index contributed by atoms with van der Waals surface area (Å²) in [6.07, 6.45) is -1.44. The molecule has 0 aromatic carbocycles. The molecule has 3 aromatic heterocycles. The van der Waals surface area contributed by atoms with E-state index in [1.54, 1.807) is 23.7 Å². The van der Waals surface area contributed by atoms with Crippen LogP contribution in [0.2, 0.25) is 0 Å². The molecule has 3 heterocycles. The van der Waals surface area contributed by atoms with Crippen molar-refractivity contribution in [2.75, 3.05) is 0 Å². The van der Waals surface area contributed by atoms with Crippen LogP contribution < -0.4 is 0 Å². The number of thiazole rings is 1. The number of rotatable bonds is 5. The summed E-state index contributed by atoms with van der Waals surface area (Å²) in [5.74, 6) is -0.638. The van der Waals surface area contributed by atoms with Gasteiger partial charge in [0.2, 0.25) is 5.78 Å². The van der Waals surface area contributed by atoms with Crippen LogP contribution in [-0.4, -0.2) is 26.5 Å². The topological polar surface area (TPSA) is 71.6 Å². The molecule has 5 nitrogen and oxygen atoms in total. The fraction of sp³-hybridized carbons (Fsp3) is 0.200. The van der Waals surface area contributed by atoms with Gasteiger partial charge in [-0.25, -0.2) is 4.98 Å². The molecule has 0 spiro atoms. The fourth-order valence-electron chi connectivity index (χ4n) is 2.85. The van der Waals surface area contributed by atoms with Crippen molar-refractivity contribution in [1.29, 1.82) is 5.26 Å². The monoisotopic (exact) mass is 416 g/mol. The Morgan fingerprint density at radius 2 is 2.10 bits per heavy atom. The lowest BCUT2D eigenvalue weighted by Gasteiger charge is -2.12. The standard InChI is InChI=1S/C20H15F3N4OS/c1-12-7-16(13(2)27(12)11-20(21,22)23)18(28)14(9-24)8-15-10-29-19(26-15)17-5-3-4-6-25-17/h3-8,10H,11H2,1-2H3/b14-8+. The molecule has 0 radical (unpaired) electrons. The highest BCUT2D eigenvalue weighted by Gasteiger charge is 2.30. The molecule has 3 rings (SSSR count). The molecule has 0 aliphatic heterocycles. The Morgan fingerprint density at radius 3 is 2.72 bits per heavy atom. The summed E-state index contributed by atoms with van der Waals surface area (Å²) in [4.78, 5) is 21.3. The minimum Gasteiger partial charge on any atom is -0.339 e. The smallest absolute Gasteiger partial charge is 0.339 e. The molecule has 0 aliphatic rings. The average molecular weight is 416 g/mol. The van der Waals surface area contributed by atoms with Crippen LogP contribution in [0, 0.1) is 25.2 Å². The number of hydrogen-bond acceptors (Lipinski definition) is 5. The van der Waals surface area contributed by atoms with Crippen LogP contribution in [0.5, 0.6) is 0 Å². The SMILES string of the molecule is Cc1cc(C(=O)/C(C#N)=C/c2csc(-c3ccccn3)n2)c(C)n1CC(F)(F)F. The molecular weight excluding hydrogens is 401 g/mol. The number of hydrogen-bond donors (Lipinski definition) is 0. The number of pyridine rings is 1. The van der Waals surface area contributed by atoms with E-state index in [2.05, 4.69) is 9.97 Å². The summed E-state index contributed by atoms with van der Waals surface area (Å²) < 4.78 is 39.4. The van der Waals surface area contributed by atoms with Gasteiger partial charge in [0, 0.05) is 28.5 Å². The number of ketones is 1. The highest BCUT2D eigenvalue weighted by Crippen LogP contribution is 2.26. The zero-order valence-electron chi connectivity index (χ0n) is 15.5. The Morgan fingerprint density at radius 1 is 1.34 bits per heavy atom. The summed E-state index contributed by atoms with van der Waals surface area (Å²) in [5.41, 5.74) is 1.40. The maximum absolute atomic E-state index is 12.8. The Hall–Kier alpha value is -3.25. The van der Waals surface area contributed by atoms with Crippen molar-refractivity contribution in [2.45, 2.75) is 26.6 Å². The second-order valence-corrected chi connectivity index (χ2v) is 7.14. The zero-order chi connectivity index (χ0) is 21.2. The molecular formula is C20H15F3N4OS. The lowest BCUT2D eigenvalue weighted by Crippen LogP contribution is -2.19. The second kappa shape index (κ2) is 8.01. The second-order valence-electron chi connectivity index (χ2n) is 6.28. The molecule has 0 aliphatic carbocycles. The average Bonchev–Trinajstić information content (AvgIpc) is 3.25. The number of aryl methyl sites for hydroxylation is 1. The number of nitrogens with zero attached hydrogens (tertiary/aromatic N) is 4. The van der Waals surface area contributed by atoms with Gasteiger partial charge in [-0.05, 0) is 38.1 Å². The first-order valence-electron chi connectivity index (χ1n) is 8.46. The van der Waals surface area contributed by atoms with E-state index in [1.165, 1.54) is 37.3 Å². The molecule has 9 heteroatoms. The Bertz CT molecular complexity index is 1120. The van der Waals surface area contributed by atoms with E-state index in [1.807, 2.05) is 12.1 Å². The molecule has 0 unspecified atom stereocenters. The fourth-order valence-corrected chi connectivity index (χ4v) is 3.61. The third-order valence-corrected chi connectivity index (χ3v) is 5.10. The van der Waals surface area contributed by atoms with Crippen molar-refractivity contribution in [3.05, 3.63) is 64.1 Å². The molecule has 0 fully saturated rings. The molecule has 0 bridgehead atoms. The summed E-state index contributed by atoms with van der Waals surface area (Å²) in [5, 5.41) is 11.7. The summed E-state index contributed by atoms with van der Waals surface area (Å²) >= 11 is 1.31. The Labute approximate surface area is 168 Å². The zero-order valence-corrected chi connectivity index (χ0v) is 16.3. The lowest BCUT2D eigenvalue weighted by molar-refractivity contribution is -0.141. The Kier molecular flexibility index (Phi) is 5.66. The van der Waals surface area contributed by atoms with E-state index in [9.17, 15) is 23.2 Å². The molecule has 3 aromatic rings. The highest BCUT2D eigenvalue weighted by atomic mass is 32.1. The van der Waals surface area contributed by atoms with E-state index >= 15 is 0 Å². The third kappa shape index (κ3) is 4.60. The molecule has 148 valence electrons. The lowest BCUT2D eigenvalue weighted by atomic mass is 10.0. The predicted octanol–water partition coefficient (Wildman–Crippen LogP) is 4.98. The van der Waals surface area contributed by atoms with Crippen LogP contribution in [0.4, 0.5) is 13.2 Å². The van der Waals surface area contributed by atoms with Crippen molar-refractivity contribution in [2.24, 2.45) is 0 Å². The molecule has 0 N–H and O–H groups in total. The molecule has 0 saturated carbocycles. The van der Waals surface area contributed by atoms with Gasteiger partial charge >= 0.3 is 6.18 Å². The molecule has 0 amide bonds. The van der Waals surface area contributed by atoms with E-state index in [0.717, 1.165) is 4.57 Å². The summed E-state index contributed by atoms with van der Waals surface area (Å²) in [7, 11) is 0. The van der Waals surface area contributed by atoms with Crippen LogP contribution in [0.1, 0.15) is 27.4 Å². The predicted molar refractivity (Wildman–Crippen MR) is 103 cm³/mol.